The van der Waals surface area contributed by atoms with Crippen LogP contribution in [-0.4, -0.2) is 19.8 Å². The van der Waals surface area contributed by atoms with Gasteiger partial charge in [-0.25, -0.2) is 0 Å². The number of anilines is 1. The molecule has 1 N–H and O–H groups in total. The molecule has 0 saturated heterocycles. The molecule has 0 aliphatic carbocycles. The maximum absolute atomic E-state index is 5.25. The number of ether oxygens (including phenoxy) is 1. The van der Waals surface area contributed by atoms with Gasteiger partial charge in [0.05, 0.1) is 12.3 Å². The summed E-state index contributed by atoms with van der Waals surface area (Å²) in [5, 5.41) is 5.56. The lowest BCUT2D eigenvalue weighted by Crippen LogP contribution is -2.09. The zero-order valence-corrected chi connectivity index (χ0v) is 9.33. The average molecular weight is 199 g/mol. The fraction of sp³-hybridized carbons (Fsp3) is 0.600. The van der Waals surface area contributed by atoms with Crippen LogP contribution in [0.25, 0.3) is 0 Å². The summed E-state index contributed by atoms with van der Waals surface area (Å²) in [7, 11) is 0. The summed E-state index contributed by atoms with van der Waals surface area (Å²) in [6.45, 7) is 8.76. The summed E-state index contributed by atoms with van der Waals surface area (Å²) in [4.78, 5) is 1.36. The second-order valence-electron chi connectivity index (χ2n) is 2.97. The molecule has 0 radical (unpaired) electrons. The van der Waals surface area contributed by atoms with E-state index in [-0.39, 0.29) is 0 Å². The summed E-state index contributed by atoms with van der Waals surface area (Å²) in [6, 6.07) is 0. The topological polar surface area (TPSA) is 21.3 Å². The average Bonchev–Trinajstić information content (AvgIpc) is 2.42. The molecule has 0 bridgehead atoms. The van der Waals surface area contributed by atoms with Crippen molar-refractivity contribution < 1.29 is 4.74 Å². The van der Waals surface area contributed by atoms with Gasteiger partial charge in [0, 0.05) is 18.0 Å². The molecule has 0 unspecified atom stereocenters. The Kier molecular flexibility index (Phi) is 4.25. The van der Waals surface area contributed by atoms with Crippen LogP contribution >= 0.6 is 11.3 Å². The quantitative estimate of drug-likeness (QED) is 0.736. The van der Waals surface area contributed by atoms with E-state index in [0.717, 1.165) is 19.8 Å². The Hall–Kier alpha value is -0.540. The van der Waals surface area contributed by atoms with Crippen molar-refractivity contribution in [2.45, 2.75) is 20.8 Å². The molecule has 0 amide bonds. The molecular weight excluding hydrogens is 182 g/mol. The second-order valence-corrected chi connectivity index (χ2v) is 4.06. The first-order valence-corrected chi connectivity index (χ1v) is 5.50. The molecule has 0 fully saturated rings. The van der Waals surface area contributed by atoms with E-state index in [1.165, 1.54) is 16.1 Å². The van der Waals surface area contributed by atoms with Crippen molar-refractivity contribution in [1.82, 2.24) is 0 Å². The minimum Gasteiger partial charge on any atom is -0.382 e. The smallest absolute Gasteiger partial charge is 0.0638 e. The molecule has 2 nitrogen and oxygen atoms in total. The minimum absolute atomic E-state index is 0.783. The van der Waals surface area contributed by atoms with Crippen LogP contribution in [0.5, 0.6) is 0 Å². The van der Waals surface area contributed by atoms with Gasteiger partial charge in [0.1, 0.15) is 0 Å². The van der Waals surface area contributed by atoms with Crippen LogP contribution in [0.2, 0.25) is 0 Å². The van der Waals surface area contributed by atoms with Crippen LogP contribution in [0.4, 0.5) is 5.69 Å². The predicted octanol–water partition coefficient (Wildman–Crippen LogP) is 2.81. The van der Waals surface area contributed by atoms with Gasteiger partial charge >= 0.3 is 0 Å². The van der Waals surface area contributed by atoms with E-state index in [9.17, 15) is 0 Å². The second kappa shape index (κ2) is 5.25. The van der Waals surface area contributed by atoms with Crippen LogP contribution < -0.4 is 5.32 Å². The van der Waals surface area contributed by atoms with E-state index in [1.54, 1.807) is 11.3 Å². The van der Waals surface area contributed by atoms with Crippen molar-refractivity contribution in [3.8, 4) is 0 Å². The third-order valence-electron chi connectivity index (χ3n) is 1.91. The van der Waals surface area contributed by atoms with Crippen molar-refractivity contribution in [2.24, 2.45) is 0 Å². The highest BCUT2D eigenvalue weighted by atomic mass is 32.1. The number of nitrogens with one attached hydrogen (secondary N) is 1. The lowest BCUT2D eigenvalue weighted by Gasteiger charge is -2.06. The van der Waals surface area contributed by atoms with Crippen molar-refractivity contribution in [3.63, 3.8) is 0 Å². The highest BCUT2D eigenvalue weighted by Crippen LogP contribution is 2.25. The van der Waals surface area contributed by atoms with E-state index in [0.29, 0.717) is 0 Å². The number of thiophene rings is 1. The standard InChI is InChI=1S/C10H17NOS/c1-4-12-6-5-11-10-8(2)7-13-9(10)3/h7,11H,4-6H2,1-3H3. The predicted molar refractivity (Wildman–Crippen MR) is 58.8 cm³/mol. The molecule has 3 heteroatoms. The van der Waals surface area contributed by atoms with Gasteiger partial charge in [-0.1, -0.05) is 0 Å². The summed E-state index contributed by atoms with van der Waals surface area (Å²) < 4.78 is 5.25. The third-order valence-corrected chi connectivity index (χ3v) is 2.94. The lowest BCUT2D eigenvalue weighted by atomic mass is 10.3. The Balaban J connectivity index is 2.36. The molecular formula is C10H17NOS. The molecule has 74 valence electrons. The van der Waals surface area contributed by atoms with Gasteiger partial charge in [-0.3, -0.25) is 0 Å². The van der Waals surface area contributed by atoms with Crippen LogP contribution in [0.1, 0.15) is 17.4 Å². The molecule has 0 atom stereocenters. The molecule has 0 saturated carbocycles. The number of aryl methyl sites for hydroxylation is 2. The monoisotopic (exact) mass is 199 g/mol. The van der Waals surface area contributed by atoms with E-state index in [4.69, 9.17) is 4.74 Å². The Bertz CT molecular complexity index is 238. The molecule has 1 aromatic heterocycles. The first-order chi connectivity index (χ1) is 6.25. The van der Waals surface area contributed by atoms with Crippen LogP contribution in [-0.2, 0) is 4.74 Å². The summed E-state index contributed by atoms with van der Waals surface area (Å²) >= 11 is 1.79. The molecule has 1 aromatic rings. The van der Waals surface area contributed by atoms with Crippen LogP contribution in [0.15, 0.2) is 5.38 Å². The fourth-order valence-electron chi connectivity index (χ4n) is 1.23. The molecule has 0 aromatic carbocycles. The first kappa shape index (κ1) is 10.5. The van der Waals surface area contributed by atoms with Gasteiger partial charge in [-0.2, -0.15) is 0 Å². The van der Waals surface area contributed by atoms with Crippen LogP contribution in [0.3, 0.4) is 0 Å². The Morgan fingerprint density at radius 2 is 2.23 bits per heavy atom. The molecule has 1 heterocycles. The van der Waals surface area contributed by atoms with Gasteiger partial charge in [0.2, 0.25) is 0 Å². The SMILES string of the molecule is CCOCCNc1c(C)csc1C. The largest absolute Gasteiger partial charge is 0.382 e. The fourth-order valence-corrected chi connectivity index (χ4v) is 2.05. The number of hydrogen-bond acceptors (Lipinski definition) is 3. The first-order valence-electron chi connectivity index (χ1n) is 4.62. The zero-order chi connectivity index (χ0) is 9.68. The number of hydrogen-bond donors (Lipinski definition) is 1. The highest BCUT2D eigenvalue weighted by Gasteiger charge is 2.02. The van der Waals surface area contributed by atoms with Crippen molar-refractivity contribution in [1.29, 1.82) is 0 Å². The third kappa shape index (κ3) is 3.01. The van der Waals surface area contributed by atoms with Gasteiger partial charge in [-0.05, 0) is 31.7 Å². The molecule has 0 aliphatic heterocycles. The van der Waals surface area contributed by atoms with Crippen LogP contribution in [0, 0.1) is 13.8 Å². The van der Waals surface area contributed by atoms with Crippen molar-refractivity contribution in [3.05, 3.63) is 15.8 Å². The van der Waals surface area contributed by atoms with E-state index in [2.05, 4.69) is 24.5 Å². The minimum atomic E-state index is 0.783. The maximum Gasteiger partial charge on any atom is 0.0638 e. The maximum atomic E-state index is 5.25. The summed E-state index contributed by atoms with van der Waals surface area (Å²) in [5.74, 6) is 0. The lowest BCUT2D eigenvalue weighted by molar-refractivity contribution is 0.158. The van der Waals surface area contributed by atoms with E-state index in [1.807, 2.05) is 6.92 Å². The summed E-state index contributed by atoms with van der Waals surface area (Å²) in [5.41, 5.74) is 2.61. The Morgan fingerprint density at radius 1 is 1.46 bits per heavy atom. The molecule has 13 heavy (non-hydrogen) atoms. The molecule has 0 spiro atoms. The Morgan fingerprint density at radius 3 is 2.77 bits per heavy atom. The molecule has 0 aliphatic rings. The highest BCUT2D eigenvalue weighted by molar-refractivity contribution is 7.10. The Labute approximate surface area is 83.9 Å². The van der Waals surface area contributed by atoms with Crippen molar-refractivity contribution >= 4 is 17.0 Å². The molecule has 1 rings (SSSR count). The summed E-state index contributed by atoms with van der Waals surface area (Å²) in [6.07, 6.45) is 0. The van der Waals surface area contributed by atoms with Gasteiger partial charge in [0.25, 0.3) is 0 Å². The normalized spacial score (nSPS) is 10.4. The van der Waals surface area contributed by atoms with Gasteiger partial charge < -0.3 is 10.1 Å². The van der Waals surface area contributed by atoms with E-state index < -0.39 is 0 Å². The van der Waals surface area contributed by atoms with E-state index >= 15 is 0 Å². The number of rotatable bonds is 5. The van der Waals surface area contributed by atoms with Gasteiger partial charge in [-0.15, -0.1) is 11.3 Å². The zero-order valence-electron chi connectivity index (χ0n) is 8.52. The van der Waals surface area contributed by atoms with Gasteiger partial charge in [0.15, 0.2) is 0 Å². The van der Waals surface area contributed by atoms with Crippen molar-refractivity contribution in [2.75, 3.05) is 25.1 Å².